The summed E-state index contributed by atoms with van der Waals surface area (Å²) in [5.74, 6) is 0. The van der Waals surface area contributed by atoms with Crippen molar-refractivity contribution in [3.8, 4) is 0 Å². The number of aryl methyl sites for hydroxylation is 1. The molecule has 0 saturated carbocycles. The number of morpholine rings is 1. The van der Waals surface area contributed by atoms with Crippen molar-refractivity contribution >= 4 is 21.6 Å². The highest BCUT2D eigenvalue weighted by Crippen LogP contribution is 2.26. The van der Waals surface area contributed by atoms with E-state index in [1.165, 1.54) is 4.31 Å². The smallest absolute Gasteiger partial charge is 0.301 e. The van der Waals surface area contributed by atoms with Crippen molar-refractivity contribution in [2.24, 2.45) is 0 Å². The molecule has 1 fully saturated rings. The molecule has 0 unspecified atom stereocenters. The van der Waals surface area contributed by atoms with Crippen LogP contribution in [0.4, 0.5) is 11.4 Å². The van der Waals surface area contributed by atoms with Crippen molar-refractivity contribution < 1.29 is 13.2 Å². The van der Waals surface area contributed by atoms with Gasteiger partial charge in [-0.15, -0.1) is 0 Å². The number of nitrogen functional groups attached to an aromatic ring is 1. The number of anilines is 2. The Kier molecular flexibility index (Phi) is 3.98. The van der Waals surface area contributed by atoms with Gasteiger partial charge in [-0.3, -0.25) is 4.72 Å². The summed E-state index contributed by atoms with van der Waals surface area (Å²) < 4.78 is 33.8. The maximum Gasteiger partial charge on any atom is 0.301 e. The van der Waals surface area contributed by atoms with E-state index in [1.54, 1.807) is 19.1 Å². The van der Waals surface area contributed by atoms with E-state index in [4.69, 9.17) is 10.5 Å². The summed E-state index contributed by atoms with van der Waals surface area (Å²) in [6.45, 7) is 5.25. The number of nitrogens with two attached hydrogens (primary N) is 1. The van der Waals surface area contributed by atoms with E-state index in [-0.39, 0.29) is 0 Å². The summed E-state index contributed by atoms with van der Waals surface area (Å²) in [5.41, 5.74) is 8.55. The van der Waals surface area contributed by atoms with Gasteiger partial charge in [0.25, 0.3) is 0 Å². The lowest BCUT2D eigenvalue weighted by atomic mass is 10.1. The molecule has 1 aliphatic heterocycles. The Morgan fingerprint density at radius 3 is 2.53 bits per heavy atom. The molecular weight excluding hydrogens is 266 g/mol. The lowest BCUT2D eigenvalue weighted by molar-refractivity contribution is 0.0733. The number of nitrogens with one attached hydrogen (secondary N) is 1. The fraction of sp³-hybridized carbons (Fsp3) is 0.500. The average molecular weight is 285 g/mol. The molecule has 0 aliphatic carbocycles. The van der Waals surface area contributed by atoms with Gasteiger partial charge in [-0.25, -0.2) is 0 Å². The molecule has 0 bridgehead atoms. The molecule has 6 nitrogen and oxygen atoms in total. The van der Waals surface area contributed by atoms with Crippen LogP contribution in [0.15, 0.2) is 12.1 Å². The van der Waals surface area contributed by atoms with Crippen LogP contribution in [0.1, 0.15) is 11.1 Å². The molecule has 2 rings (SSSR count). The first-order chi connectivity index (χ1) is 8.92. The van der Waals surface area contributed by atoms with E-state index < -0.39 is 10.2 Å². The predicted molar refractivity (Wildman–Crippen MR) is 75.3 cm³/mol. The number of ether oxygens (including phenoxy) is 1. The Hall–Kier alpha value is -1.31. The van der Waals surface area contributed by atoms with Crippen molar-refractivity contribution in [2.75, 3.05) is 36.8 Å². The Morgan fingerprint density at radius 2 is 1.89 bits per heavy atom. The van der Waals surface area contributed by atoms with Gasteiger partial charge in [-0.05, 0) is 31.0 Å². The zero-order chi connectivity index (χ0) is 14.0. The standard InChI is InChI=1S/C12H19N3O3S/c1-9-3-4-11(13)10(2)12(9)14-19(16,17)15-5-7-18-8-6-15/h3-4,14H,5-8,13H2,1-2H3. The number of hydrogen-bond acceptors (Lipinski definition) is 4. The third-order valence-electron chi connectivity index (χ3n) is 3.26. The van der Waals surface area contributed by atoms with Crippen molar-refractivity contribution in [3.63, 3.8) is 0 Å². The van der Waals surface area contributed by atoms with E-state index in [2.05, 4.69) is 4.72 Å². The summed E-state index contributed by atoms with van der Waals surface area (Å²) in [4.78, 5) is 0. The van der Waals surface area contributed by atoms with Crippen molar-refractivity contribution in [1.29, 1.82) is 0 Å². The van der Waals surface area contributed by atoms with Gasteiger partial charge in [0.1, 0.15) is 0 Å². The van der Waals surface area contributed by atoms with Gasteiger partial charge in [0.05, 0.1) is 18.9 Å². The summed E-state index contributed by atoms with van der Waals surface area (Å²) in [5, 5.41) is 0. The Bertz CT molecular complexity index is 566. The summed E-state index contributed by atoms with van der Waals surface area (Å²) in [7, 11) is -3.55. The highest BCUT2D eigenvalue weighted by atomic mass is 32.2. The molecule has 1 heterocycles. The first-order valence-corrected chi connectivity index (χ1v) is 7.57. The number of rotatable bonds is 3. The van der Waals surface area contributed by atoms with E-state index in [0.717, 1.165) is 11.1 Å². The van der Waals surface area contributed by atoms with Crippen LogP contribution in [0.2, 0.25) is 0 Å². The van der Waals surface area contributed by atoms with E-state index in [0.29, 0.717) is 37.7 Å². The minimum absolute atomic E-state index is 0.371. The van der Waals surface area contributed by atoms with Crippen LogP contribution >= 0.6 is 0 Å². The predicted octanol–water partition coefficient (Wildman–Crippen LogP) is 0.875. The molecule has 1 saturated heterocycles. The normalized spacial score (nSPS) is 17.4. The molecule has 3 N–H and O–H groups in total. The molecule has 1 aromatic rings. The largest absolute Gasteiger partial charge is 0.398 e. The first-order valence-electron chi connectivity index (χ1n) is 6.13. The first kappa shape index (κ1) is 14.1. The van der Waals surface area contributed by atoms with Crippen LogP contribution in [0.3, 0.4) is 0 Å². The molecule has 19 heavy (non-hydrogen) atoms. The zero-order valence-corrected chi connectivity index (χ0v) is 12.0. The van der Waals surface area contributed by atoms with Crippen LogP contribution in [-0.4, -0.2) is 39.0 Å². The maximum absolute atomic E-state index is 12.3. The fourth-order valence-electron chi connectivity index (χ4n) is 2.00. The lowest BCUT2D eigenvalue weighted by Crippen LogP contribution is -2.43. The minimum Gasteiger partial charge on any atom is -0.398 e. The number of hydrogen-bond donors (Lipinski definition) is 2. The molecule has 0 amide bonds. The highest BCUT2D eigenvalue weighted by molar-refractivity contribution is 7.90. The molecule has 0 spiro atoms. The maximum atomic E-state index is 12.3. The second-order valence-electron chi connectivity index (χ2n) is 4.59. The van der Waals surface area contributed by atoms with Crippen molar-refractivity contribution in [2.45, 2.75) is 13.8 Å². The van der Waals surface area contributed by atoms with E-state index in [9.17, 15) is 8.42 Å². The molecule has 7 heteroatoms. The van der Waals surface area contributed by atoms with Crippen LogP contribution in [0, 0.1) is 13.8 Å². The van der Waals surface area contributed by atoms with Gasteiger partial charge in [-0.1, -0.05) is 6.07 Å². The van der Waals surface area contributed by atoms with Crippen LogP contribution < -0.4 is 10.5 Å². The second-order valence-corrected chi connectivity index (χ2v) is 6.26. The van der Waals surface area contributed by atoms with Crippen molar-refractivity contribution in [3.05, 3.63) is 23.3 Å². The van der Waals surface area contributed by atoms with Gasteiger partial charge in [-0.2, -0.15) is 12.7 Å². The van der Waals surface area contributed by atoms with Gasteiger partial charge >= 0.3 is 10.2 Å². The molecule has 1 aliphatic rings. The van der Waals surface area contributed by atoms with E-state index >= 15 is 0 Å². The number of benzene rings is 1. The summed E-state index contributed by atoms with van der Waals surface area (Å²) in [6, 6.07) is 3.58. The quantitative estimate of drug-likeness (QED) is 0.807. The number of nitrogens with zero attached hydrogens (tertiary/aromatic N) is 1. The second kappa shape index (κ2) is 5.36. The lowest BCUT2D eigenvalue weighted by Gasteiger charge is -2.27. The zero-order valence-electron chi connectivity index (χ0n) is 11.1. The van der Waals surface area contributed by atoms with Crippen LogP contribution in [-0.2, 0) is 14.9 Å². The van der Waals surface area contributed by atoms with Crippen LogP contribution in [0.5, 0.6) is 0 Å². The Morgan fingerprint density at radius 1 is 1.26 bits per heavy atom. The molecular formula is C12H19N3O3S. The molecule has 1 aromatic carbocycles. The average Bonchev–Trinajstić information content (AvgIpc) is 2.40. The summed E-state index contributed by atoms with van der Waals surface area (Å²) in [6.07, 6.45) is 0. The third kappa shape index (κ3) is 2.99. The van der Waals surface area contributed by atoms with Gasteiger partial charge in [0.2, 0.25) is 0 Å². The van der Waals surface area contributed by atoms with Crippen molar-refractivity contribution in [1.82, 2.24) is 4.31 Å². The topological polar surface area (TPSA) is 84.7 Å². The molecule has 0 aromatic heterocycles. The highest BCUT2D eigenvalue weighted by Gasteiger charge is 2.25. The Balaban J connectivity index is 2.27. The molecule has 0 radical (unpaired) electrons. The van der Waals surface area contributed by atoms with Gasteiger partial charge in [0, 0.05) is 18.8 Å². The van der Waals surface area contributed by atoms with Gasteiger partial charge in [0.15, 0.2) is 0 Å². The fourth-order valence-corrected chi connectivity index (χ4v) is 3.33. The monoisotopic (exact) mass is 285 g/mol. The van der Waals surface area contributed by atoms with Crippen LogP contribution in [0.25, 0.3) is 0 Å². The Labute approximate surface area is 113 Å². The van der Waals surface area contributed by atoms with Gasteiger partial charge < -0.3 is 10.5 Å². The van der Waals surface area contributed by atoms with E-state index in [1.807, 2.05) is 6.92 Å². The third-order valence-corrected chi connectivity index (χ3v) is 4.76. The summed E-state index contributed by atoms with van der Waals surface area (Å²) >= 11 is 0. The SMILES string of the molecule is Cc1ccc(N)c(C)c1NS(=O)(=O)N1CCOCC1. The molecule has 0 atom stereocenters. The minimum atomic E-state index is -3.55. The molecule has 106 valence electrons.